The van der Waals surface area contributed by atoms with Crippen LogP contribution in [-0.4, -0.2) is 14.1 Å². The predicted octanol–water partition coefficient (Wildman–Crippen LogP) is 6.51. The Balaban J connectivity index is 0.00000123. The van der Waals surface area contributed by atoms with Crippen molar-refractivity contribution in [1.29, 1.82) is 0 Å². The molecule has 134 valence electrons. The van der Waals surface area contributed by atoms with Crippen LogP contribution in [0.3, 0.4) is 0 Å². The quantitative estimate of drug-likeness (QED) is 0.620. The first-order valence-corrected chi connectivity index (χ1v) is 9.06. The van der Waals surface area contributed by atoms with Gasteiger partial charge in [-0.2, -0.15) is 0 Å². The second kappa shape index (κ2) is 12.5. The van der Waals surface area contributed by atoms with E-state index in [1.807, 2.05) is 60.0 Å². The van der Waals surface area contributed by atoms with Gasteiger partial charge in [0.1, 0.15) is 12.4 Å². The maximum Gasteiger partial charge on any atom is 0.143 e. The minimum absolute atomic E-state index is 0.513. The highest BCUT2D eigenvalue weighted by molar-refractivity contribution is 5.57. The first-order valence-electron chi connectivity index (χ1n) is 9.06. The average molecular weight is 330 g/mol. The van der Waals surface area contributed by atoms with Crippen LogP contribution in [0.25, 0.3) is 0 Å². The van der Waals surface area contributed by atoms with E-state index in [0.717, 1.165) is 11.4 Å². The average Bonchev–Trinajstić information content (AvgIpc) is 2.63. The highest BCUT2D eigenvalue weighted by atomic mass is 16.5. The molecule has 0 aliphatic rings. The molecule has 2 rings (SSSR count). The van der Waals surface area contributed by atoms with Crippen LogP contribution in [0.15, 0.2) is 48.5 Å². The second-order valence-electron chi connectivity index (χ2n) is 5.50. The molecule has 24 heavy (non-hydrogen) atoms. The summed E-state index contributed by atoms with van der Waals surface area (Å²) in [6.07, 6.45) is 0. The molecule has 2 heteroatoms. The monoisotopic (exact) mass is 329 g/mol. The van der Waals surface area contributed by atoms with Gasteiger partial charge in [0.25, 0.3) is 0 Å². The highest BCUT2D eigenvalue weighted by Crippen LogP contribution is 2.28. The Morgan fingerprint density at radius 3 is 1.96 bits per heavy atom. The maximum absolute atomic E-state index is 6.03. The van der Waals surface area contributed by atoms with E-state index in [2.05, 4.69) is 49.1 Å². The lowest BCUT2D eigenvalue weighted by molar-refractivity contribution is 0.305. The van der Waals surface area contributed by atoms with E-state index in [1.54, 1.807) is 0 Å². The number of benzene rings is 2. The van der Waals surface area contributed by atoms with Gasteiger partial charge in [-0.1, -0.05) is 77.9 Å². The Morgan fingerprint density at radius 2 is 1.38 bits per heavy atom. The van der Waals surface area contributed by atoms with E-state index in [0.29, 0.717) is 12.5 Å². The van der Waals surface area contributed by atoms with Gasteiger partial charge >= 0.3 is 0 Å². The van der Waals surface area contributed by atoms with Gasteiger partial charge in [0.15, 0.2) is 0 Å². The lowest BCUT2D eigenvalue weighted by Gasteiger charge is -2.19. The molecule has 0 amide bonds. The van der Waals surface area contributed by atoms with Crippen molar-refractivity contribution in [2.75, 3.05) is 19.0 Å². The smallest absolute Gasteiger partial charge is 0.143 e. The molecule has 0 atom stereocenters. The van der Waals surface area contributed by atoms with E-state index in [4.69, 9.17) is 4.74 Å². The van der Waals surface area contributed by atoms with Gasteiger partial charge in [-0.05, 0) is 29.2 Å². The molecule has 0 fully saturated rings. The minimum Gasteiger partial charge on any atom is -0.487 e. The van der Waals surface area contributed by atoms with Gasteiger partial charge in [0, 0.05) is 14.1 Å². The van der Waals surface area contributed by atoms with Crippen molar-refractivity contribution in [3.63, 3.8) is 0 Å². The van der Waals surface area contributed by atoms with E-state index in [1.165, 1.54) is 11.1 Å². The molecule has 0 bridgehead atoms. The Hall–Kier alpha value is -1.96. The molecule has 0 saturated carbocycles. The third kappa shape index (κ3) is 6.66. The summed E-state index contributed by atoms with van der Waals surface area (Å²) >= 11 is 0. The molecule has 2 aromatic rings. The van der Waals surface area contributed by atoms with Crippen molar-refractivity contribution in [2.45, 2.75) is 54.1 Å². The number of hydrogen-bond donors (Lipinski definition) is 0. The second-order valence-corrected chi connectivity index (χ2v) is 5.50. The molecule has 0 heterocycles. The molecule has 0 spiro atoms. The van der Waals surface area contributed by atoms with Crippen molar-refractivity contribution in [2.24, 2.45) is 0 Å². The number of hydrogen-bond acceptors (Lipinski definition) is 2. The fourth-order valence-corrected chi connectivity index (χ4v) is 2.33. The van der Waals surface area contributed by atoms with Crippen molar-refractivity contribution in [1.82, 2.24) is 0 Å². The molecular weight excluding hydrogens is 294 g/mol. The number of anilines is 1. The standard InChI is InChI=1S/C18H23NO.2C2H6/c1-14(2)16-10-6-5-9-15(16)13-20-18-12-8-7-11-17(18)19(3)4;2*1-2/h5-12,14H,13H2,1-4H3;2*1-2H3. The zero-order valence-corrected chi connectivity index (χ0v) is 16.8. The fraction of sp³-hybridized carbons (Fsp3) is 0.455. The Morgan fingerprint density at radius 1 is 0.833 bits per heavy atom. The molecule has 2 aromatic carbocycles. The van der Waals surface area contributed by atoms with Crippen LogP contribution >= 0.6 is 0 Å². The molecule has 2 nitrogen and oxygen atoms in total. The van der Waals surface area contributed by atoms with Crippen molar-refractivity contribution >= 4 is 5.69 Å². The van der Waals surface area contributed by atoms with Crippen LogP contribution in [0.2, 0.25) is 0 Å². The van der Waals surface area contributed by atoms with Crippen molar-refractivity contribution < 1.29 is 4.74 Å². The molecule has 0 N–H and O–H groups in total. The van der Waals surface area contributed by atoms with E-state index in [-0.39, 0.29) is 0 Å². The topological polar surface area (TPSA) is 12.5 Å². The fourth-order valence-electron chi connectivity index (χ4n) is 2.33. The molecule has 0 aromatic heterocycles. The number of nitrogens with zero attached hydrogens (tertiary/aromatic N) is 1. The Bertz CT molecular complexity index is 510. The van der Waals surface area contributed by atoms with Crippen LogP contribution in [0.4, 0.5) is 5.69 Å². The molecule has 0 aliphatic carbocycles. The van der Waals surface area contributed by atoms with Gasteiger partial charge < -0.3 is 9.64 Å². The first kappa shape index (κ1) is 22.0. The molecule has 0 unspecified atom stereocenters. The summed E-state index contributed by atoms with van der Waals surface area (Å²) in [6.45, 7) is 13.0. The summed E-state index contributed by atoms with van der Waals surface area (Å²) in [5, 5.41) is 0. The van der Waals surface area contributed by atoms with Crippen LogP contribution in [0.1, 0.15) is 58.6 Å². The normalized spacial score (nSPS) is 9.38. The summed E-state index contributed by atoms with van der Waals surface area (Å²) in [7, 11) is 4.06. The summed E-state index contributed by atoms with van der Waals surface area (Å²) in [6, 6.07) is 16.6. The van der Waals surface area contributed by atoms with Crippen LogP contribution in [0.5, 0.6) is 5.75 Å². The van der Waals surface area contributed by atoms with Gasteiger partial charge in [-0.15, -0.1) is 0 Å². The van der Waals surface area contributed by atoms with Gasteiger partial charge in [-0.25, -0.2) is 0 Å². The van der Waals surface area contributed by atoms with E-state index >= 15 is 0 Å². The van der Waals surface area contributed by atoms with Crippen LogP contribution in [0, 0.1) is 0 Å². The number of para-hydroxylation sites is 2. The predicted molar refractivity (Wildman–Crippen MR) is 108 cm³/mol. The summed E-state index contributed by atoms with van der Waals surface area (Å²) in [5.41, 5.74) is 3.72. The van der Waals surface area contributed by atoms with Crippen molar-refractivity contribution in [3.05, 3.63) is 59.7 Å². The van der Waals surface area contributed by atoms with E-state index in [9.17, 15) is 0 Å². The number of rotatable bonds is 5. The van der Waals surface area contributed by atoms with Gasteiger partial charge in [0.05, 0.1) is 5.69 Å². The molecule has 0 saturated heterocycles. The Kier molecular flexibility index (Phi) is 11.4. The molecular formula is C22H35NO. The first-order chi connectivity index (χ1) is 11.6. The largest absolute Gasteiger partial charge is 0.487 e. The molecule has 0 radical (unpaired) electrons. The lowest BCUT2D eigenvalue weighted by Crippen LogP contribution is -2.11. The third-order valence-electron chi connectivity index (χ3n) is 3.41. The highest BCUT2D eigenvalue weighted by Gasteiger charge is 2.08. The minimum atomic E-state index is 0.513. The Labute approximate surface area is 149 Å². The maximum atomic E-state index is 6.03. The van der Waals surface area contributed by atoms with Crippen LogP contribution in [-0.2, 0) is 6.61 Å². The van der Waals surface area contributed by atoms with Gasteiger partial charge in [0.2, 0.25) is 0 Å². The van der Waals surface area contributed by atoms with Gasteiger partial charge in [-0.3, -0.25) is 0 Å². The van der Waals surface area contributed by atoms with E-state index < -0.39 is 0 Å². The zero-order valence-electron chi connectivity index (χ0n) is 16.8. The number of ether oxygens (including phenoxy) is 1. The third-order valence-corrected chi connectivity index (χ3v) is 3.41. The summed E-state index contributed by atoms with van der Waals surface area (Å²) < 4.78 is 6.03. The summed E-state index contributed by atoms with van der Waals surface area (Å²) in [5.74, 6) is 1.44. The zero-order chi connectivity index (χ0) is 18.5. The lowest BCUT2D eigenvalue weighted by atomic mass is 9.98. The van der Waals surface area contributed by atoms with Crippen molar-refractivity contribution in [3.8, 4) is 5.75 Å². The SMILES string of the molecule is CC.CC.CC(C)c1ccccc1COc1ccccc1N(C)C. The summed E-state index contributed by atoms with van der Waals surface area (Å²) in [4.78, 5) is 2.07. The van der Waals surface area contributed by atoms with Crippen LogP contribution < -0.4 is 9.64 Å². The molecule has 0 aliphatic heterocycles.